The Morgan fingerprint density at radius 2 is 1.26 bits per heavy atom. The second kappa shape index (κ2) is 12.5. The number of hydrogen-bond acceptors (Lipinski definition) is 8. The molecule has 0 saturated heterocycles. The van der Waals surface area contributed by atoms with E-state index in [0.29, 0.717) is 17.9 Å². The summed E-state index contributed by atoms with van der Waals surface area (Å²) in [6.45, 7) is 7.83. The first kappa shape index (κ1) is 24.1. The van der Waals surface area contributed by atoms with Crippen LogP contribution in [0.2, 0.25) is 0 Å². The van der Waals surface area contributed by atoms with Crippen LogP contribution in [-0.2, 0) is 19.1 Å². The summed E-state index contributed by atoms with van der Waals surface area (Å²) in [4.78, 5) is 33.2. The lowest BCUT2D eigenvalue weighted by Crippen LogP contribution is -2.29. The van der Waals surface area contributed by atoms with E-state index < -0.39 is 24.0 Å². The van der Waals surface area contributed by atoms with Crippen molar-refractivity contribution in [3.05, 3.63) is 48.3 Å². The zero-order valence-electron chi connectivity index (χ0n) is 18.4. The smallest absolute Gasteiger partial charge is 0.331 e. The van der Waals surface area contributed by atoms with Gasteiger partial charge >= 0.3 is 11.9 Å². The number of carbonyl (C=O) groups excluding carboxylic acids is 2. The number of ether oxygens (including phenoxy) is 2. The summed E-state index contributed by atoms with van der Waals surface area (Å²) in [7, 11) is 0. The molecule has 0 N–H and O–H groups in total. The van der Waals surface area contributed by atoms with Gasteiger partial charge in [0.05, 0.1) is 38.2 Å². The Labute approximate surface area is 182 Å². The maximum Gasteiger partial charge on any atom is 0.331 e. The summed E-state index contributed by atoms with van der Waals surface area (Å²) in [6.07, 6.45) is 6.50. The van der Waals surface area contributed by atoms with Gasteiger partial charge in [0, 0.05) is 6.42 Å². The first-order valence-corrected chi connectivity index (χ1v) is 10.3. The number of hydrogen-bond donors (Lipinski definition) is 0. The zero-order valence-corrected chi connectivity index (χ0v) is 18.4. The van der Waals surface area contributed by atoms with Gasteiger partial charge in [-0.25, -0.2) is 9.59 Å². The predicted molar refractivity (Wildman–Crippen MR) is 116 cm³/mol. The number of nitrogens with zero attached hydrogens (tertiary/aromatic N) is 2. The average Bonchev–Trinajstić information content (AvgIpc) is 3.41. The van der Waals surface area contributed by atoms with Crippen LogP contribution in [0, 0.1) is 11.8 Å². The SMILES string of the molecule is CC(C)[C@H](N=Cc1ccco1)C(=O)OCCCOC(=O)[C@@H](N=Cc1ccco1)C(C)C. The Morgan fingerprint density at radius 1 is 0.839 bits per heavy atom. The Hall–Kier alpha value is -3.16. The van der Waals surface area contributed by atoms with E-state index in [1.807, 2.05) is 27.7 Å². The van der Waals surface area contributed by atoms with Gasteiger partial charge in [0.1, 0.15) is 23.6 Å². The molecule has 0 amide bonds. The van der Waals surface area contributed by atoms with Crippen LogP contribution in [0.5, 0.6) is 0 Å². The quantitative estimate of drug-likeness (QED) is 0.287. The lowest BCUT2D eigenvalue weighted by atomic mass is 10.1. The van der Waals surface area contributed by atoms with Crippen LogP contribution >= 0.6 is 0 Å². The molecule has 0 aliphatic heterocycles. The highest BCUT2D eigenvalue weighted by atomic mass is 16.5. The second-order valence-electron chi connectivity index (χ2n) is 7.65. The summed E-state index contributed by atoms with van der Waals surface area (Å²) in [5.74, 6) is 0.227. The molecule has 0 spiro atoms. The van der Waals surface area contributed by atoms with E-state index in [-0.39, 0.29) is 25.0 Å². The predicted octanol–water partition coefficient (Wildman–Crippen LogP) is 3.94. The Kier molecular flexibility index (Phi) is 9.74. The normalized spacial score (nSPS) is 13.9. The first-order valence-electron chi connectivity index (χ1n) is 10.3. The van der Waals surface area contributed by atoms with Gasteiger partial charge in [0.15, 0.2) is 0 Å². The summed E-state index contributed by atoms with van der Waals surface area (Å²) in [5, 5.41) is 0. The van der Waals surface area contributed by atoms with Crippen molar-refractivity contribution in [2.45, 2.75) is 46.2 Å². The molecule has 31 heavy (non-hydrogen) atoms. The summed E-state index contributed by atoms with van der Waals surface area (Å²) in [6, 6.07) is 5.74. The minimum absolute atomic E-state index is 0.0321. The highest BCUT2D eigenvalue weighted by Crippen LogP contribution is 2.11. The number of carbonyl (C=O) groups is 2. The van der Waals surface area contributed by atoms with E-state index in [9.17, 15) is 9.59 Å². The summed E-state index contributed by atoms with van der Waals surface area (Å²) < 4.78 is 21.0. The molecule has 168 valence electrons. The van der Waals surface area contributed by atoms with Crippen LogP contribution in [0.4, 0.5) is 0 Å². The lowest BCUT2D eigenvalue weighted by Gasteiger charge is -2.16. The maximum absolute atomic E-state index is 12.3. The highest BCUT2D eigenvalue weighted by Gasteiger charge is 2.24. The molecule has 8 nitrogen and oxygen atoms in total. The molecule has 0 fully saturated rings. The fraction of sp³-hybridized carbons (Fsp3) is 0.478. The molecule has 0 radical (unpaired) electrons. The molecule has 2 aromatic rings. The third-order valence-electron chi connectivity index (χ3n) is 4.33. The average molecular weight is 431 g/mol. The molecule has 2 heterocycles. The number of aliphatic imine (C=N–C) groups is 2. The van der Waals surface area contributed by atoms with E-state index in [4.69, 9.17) is 18.3 Å². The maximum atomic E-state index is 12.3. The van der Waals surface area contributed by atoms with Gasteiger partial charge in [-0.3, -0.25) is 9.98 Å². The third-order valence-corrected chi connectivity index (χ3v) is 4.33. The van der Waals surface area contributed by atoms with Crippen molar-refractivity contribution in [3.63, 3.8) is 0 Å². The Morgan fingerprint density at radius 3 is 1.58 bits per heavy atom. The molecule has 2 rings (SSSR count). The molecule has 2 atom stereocenters. The monoisotopic (exact) mass is 430 g/mol. The molecule has 0 aliphatic rings. The van der Waals surface area contributed by atoms with E-state index in [2.05, 4.69) is 9.98 Å². The van der Waals surface area contributed by atoms with Crippen LogP contribution in [0.1, 0.15) is 45.6 Å². The number of rotatable bonds is 12. The molecule has 0 aliphatic carbocycles. The number of furan rings is 2. The van der Waals surface area contributed by atoms with E-state index in [1.165, 1.54) is 25.0 Å². The largest absolute Gasteiger partial charge is 0.464 e. The van der Waals surface area contributed by atoms with Crippen LogP contribution in [0.25, 0.3) is 0 Å². The number of esters is 2. The van der Waals surface area contributed by atoms with Crippen molar-refractivity contribution >= 4 is 24.4 Å². The second-order valence-corrected chi connectivity index (χ2v) is 7.65. The van der Waals surface area contributed by atoms with E-state index in [1.54, 1.807) is 24.3 Å². The highest BCUT2D eigenvalue weighted by molar-refractivity contribution is 5.83. The summed E-state index contributed by atoms with van der Waals surface area (Å²) in [5.41, 5.74) is 0. The van der Waals surface area contributed by atoms with Crippen molar-refractivity contribution in [1.82, 2.24) is 0 Å². The van der Waals surface area contributed by atoms with Gasteiger partial charge in [-0.1, -0.05) is 27.7 Å². The van der Waals surface area contributed by atoms with Crippen molar-refractivity contribution in [2.24, 2.45) is 21.8 Å². The van der Waals surface area contributed by atoms with Crippen LogP contribution in [0.15, 0.2) is 55.6 Å². The minimum atomic E-state index is -0.631. The van der Waals surface area contributed by atoms with Gasteiger partial charge in [0.2, 0.25) is 0 Å². The standard InChI is InChI=1S/C23H30N2O6/c1-16(2)20(24-14-18-8-5-10-28-18)22(26)30-12-7-13-31-23(27)21(17(3)4)25-15-19-9-6-11-29-19/h5-6,8-11,14-17,20-21H,7,12-13H2,1-4H3/t20-,21-/m0/s1. The van der Waals surface area contributed by atoms with Crippen LogP contribution in [-0.4, -0.2) is 49.7 Å². The van der Waals surface area contributed by atoms with Gasteiger partial charge in [0.25, 0.3) is 0 Å². The third kappa shape index (κ3) is 8.24. The Balaban J connectivity index is 1.74. The van der Waals surface area contributed by atoms with Crippen LogP contribution < -0.4 is 0 Å². The molecular formula is C23H30N2O6. The molecule has 8 heteroatoms. The zero-order chi connectivity index (χ0) is 22.6. The van der Waals surface area contributed by atoms with Crippen molar-refractivity contribution in [2.75, 3.05) is 13.2 Å². The van der Waals surface area contributed by atoms with Gasteiger partial charge in [-0.2, -0.15) is 0 Å². The van der Waals surface area contributed by atoms with Gasteiger partial charge in [-0.05, 0) is 36.1 Å². The first-order chi connectivity index (χ1) is 14.9. The van der Waals surface area contributed by atoms with Crippen molar-refractivity contribution in [3.8, 4) is 0 Å². The van der Waals surface area contributed by atoms with Gasteiger partial charge < -0.3 is 18.3 Å². The Bertz CT molecular complexity index is 767. The van der Waals surface area contributed by atoms with E-state index >= 15 is 0 Å². The molecule has 0 bridgehead atoms. The summed E-state index contributed by atoms with van der Waals surface area (Å²) >= 11 is 0. The fourth-order valence-corrected chi connectivity index (χ4v) is 2.62. The minimum Gasteiger partial charge on any atom is -0.464 e. The van der Waals surface area contributed by atoms with Crippen molar-refractivity contribution in [1.29, 1.82) is 0 Å². The van der Waals surface area contributed by atoms with Crippen molar-refractivity contribution < 1.29 is 27.9 Å². The topological polar surface area (TPSA) is 104 Å². The van der Waals surface area contributed by atoms with Gasteiger partial charge in [-0.15, -0.1) is 0 Å². The lowest BCUT2D eigenvalue weighted by molar-refractivity contribution is -0.148. The van der Waals surface area contributed by atoms with Crippen LogP contribution in [0.3, 0.4) is 0 Å². The fourth-order valence-electron chi connectivity index (χ4n) is 2.62. The molecule has 0 aromatic carbocycles. The van der Waals surface area contributed by atoms with E-state index in [0.717, 1.165) is 0 Å². The molecular weight excluding hydrogens is 400 g/mol. The molecule has 0 saturated carbocycles. The molecule has 2 aromatic heterocycles. The molecule has 0 unspecified atom stereocenters.